The van der Waals surface area contributed by atoms with E-state index in [0.29, 0.717) is 27.6 Å². The molecule has 1 amide bonds. The van der Waals surface area contributed by atoms with E-state index in [1.807, 2.05) is 19.1 Å². The second kappa shape index (κ2) is 8.90. The van der Waals surface area contributed by atoms with Crippen molar-refractivity contribution in [2.45, 2.75) is 71.0 Å². The number of carbonyl (C=O) groups excluding carboxylic acids is 1. The fraction of sp³-hybridized carbons (Fsp3) is 0.440. The predicted octanol–water partition coefficient (Wildman–Crippen LogP) is 5.61. The second-order valence-corrected chi connectivity index (χ2v) is 9.88. The molecule has 2 aromatic carbocycles. The van der Waals surface area contributed by atoms with E-state index in [1.165, 1.54) is 0 Å². The first kappa shape index (κ1) is 23.1. The molecule has 164 valence electrons. The van der Waals surface area contributed by atoms with Gasteiger partial charge in [0.1, 0.15) is 17.6 Å². The third kappa shape index (κ3) is 5.58. The average molecular weight is 440 g/mol. The molecule has 1 saturated heterocycles. The van der Waals surface area contributed by atoms with Gasteiger partial charge >= 0.3 is 0 Å². The summed E-state index contributed by atoms with van der Waals surface area (Å²) in [7, 11) is 0. The summed E-state index contributed by atoms with van der Waals surface area (Å²) in [5, 5.41) is 16.6. The van der Waals surface area contributed by atoms with Gasteiger partial charge in [-0.15, -0.1) is 0 Å². The number of ether oxygens (including phenoxy) is 1. The van der Waals surface area contributed by atoms with Crippen LogP contribution in [0.3, 0.4) is 0 Å². The second-order valence-electron chi connectivity index (χ2n) is 9.47. The van der Waals surface area contributed by atoms with Crippen molar-refractivity contribution in [2.24, 2.45) is 0 Å². The largest absolute Gasteiger partial charge is 0.454 e. The van der Waals surface area contributed by atoms with Crippen molar-refractivity contribution in [3.8, 4) is 17.6 Å². The van der Waals surface area contributed by atoms with Crippen LogP contribution in [0.2, 0.25) is 5.02 Å². The van der Waals surface area contributed by atoms with Crippen molar-refractivity contribution in [2.75, 3.05) is 0 Å². The normalized spacial score (nSPS) is 17.6. The summed E-state index contributed by atoms with van der Waals surface area (Å²) in [6.07, 6.45) is 2.43. The minimum Gasteiger partial charge on any atom is -0.454 e. The van der Waals surface area contributed by atoms with Crippen LogP contribution in [-0.2, 0) is 6.42 Å². The molecule has 1 aliphatic heterocycles. The molecular formula is C25H30ClN3O2. The predicted molar refractivity (Wildman–Crippen MR) is 124 cm³/mol. The molecule has 0 radical (unpaired) electrons. The number of halogens is 1. The first-order valence-electron chi connectivity index (χ1n) is 10.6. The van der Waals surface area contributed by atoms with Crippen molar-refractivity contribution in [1.82, 2.24) is 10.6 Å². The first-order valence-corrected chi connectivity index (χ1v) is 11.0. The van der Waals surface area contributed by atoms with Gasteiger partial charge < -0.3 is 15.4 Å². The molecule has 31 heavy (non-hydrogen) atoms. The Bertz CT molecular complexity index is 1010. The van der Waals surface area contributed by atoms with Gasteiger partial charge in [0.05, 0.1) is 10.6 Å². The van der Waals surface area contributed by atoms with E-state index in [-0.39, 0.29) is 23.0 Å². The zero-order valence-electron chi connectivity index (χ0n) is 18.8. The number of hydrogen-bond acceptors (Lipinski definition) is 4. The van der Waals surface area contributed by atoms with Gasteiger partial charge in [0.15, 0.2) is 0 Å². The first-order chi connectivity index (χ1) is 14.5. The van der Waals surface area contributed by atoms with E-state index >= 15 is 0 Å². The Morgan fingerprint density at radius 1 is 1.19 bits per heavy atom. The quantitative estimate of drug-likeness (QED) is 0.635. The molecule has 5 nitrogen and oxygen atoms in total. The van der Waals surface area contributed by atoms with Crippen LogP contribution in [0.15, 0.2) is 36.4 Å². The van der Waals surface area contributed by atoms with Crippen LogP contribution in [0, 0.1) is 11.3 Å². The Labute approximate surface area is 189 Å². The molecule has 0 atom stereocenters. The van der Waals surface area contributed by atoms with Gasteiger partial charge in [-0.05, 0) is 76.8 Å². The molecule has 1 heterocycles. The highest BCUT2D eigenvalue weighted by molar-refractivity contribution is 6.32. The Balaban J connectivity index is 1.75. The van der Waals surface area contributed by atoms with E-state index in [1.54, 1.807) is 24.3 Å². The lowest BCUT2D eigenvalue weighted by atomic mass is 9.79. The number of amides is 1. The summed E-state index contributed by atoms with van der Waals surface area (Å²) in [5.41, 5.74) is 1.79. The number of nitrogens with zero attached hydrogens (tertiary/aromatic N) is 1. The number of piperidine rings is 1. The van der Waals surface area contributed by atoms with E-state index in [0.717, 1.165) is 24.8 Å². The fourth-order valence-corrected chi connectivity index (χ4v) is 4.84. The van der Waals surface area contributed by atoms with Gasteiger partial charge in [0.25, 0.3) is 5.91 Å². The molecule has 0 aromatic heterocycles. The number of rotatable bonds is 5. The van der Waals surface area contributed by atoms with E-state index in [9.17, 15) is 10.1 Å². The summed E-state index contributed by atoms with van der Waals surface area (Å²) >= 11 is 6.43. The maximum absolute atomic E-state index is 12.9. The molecule has 1 aliphatic rings. The summed E-state index contributed by atoms with van der Waals surface area (Å²) in [5.74, 6) is 0.713. The van der Waals surface area contributed by atoms with Gasteiger partial charge in [0, 0.05) is 22.7 Å². The molecule has 2 aromatic rings. The molecule has 6 heteroatoms. The van der Waals surface area contributed by atoms with Crippen LogP contribution in [0.1, 0.15) is 68.9 Å². The lowest BCUT2D eigenvalue weighted by Crippen LogP contribution is -2.62. The number of nitriles is 1. The van der Waals surface area contributed by atoms with Crippen molar-refractivity contribution in [1.29, 1.82) is 5.26 Å². The highest BCUT2D eigenvalue weighted by Gasteiger charge is 2.38. The number of carbonyl (C=O) groups is 1. The lowest BCUT2D eigenvalue weighted by molar-refractivity contribution is 0.0873. The van der Waals surface area contributed by atoms with Gasteiger partial charge in [-0.3, -0.25) is 4.79 Å². The molecule has 1 fully saturated rings. The standard InChI is InChI=1S/C25H30ClN3O2/c1-6-16-8-7-9-21(19(16)15-27)31-22-11-10-17(12-20(22)26)23(30)28-18-13-24(2,3)29-25(4,5)14-18/h7-12,18,29H,6,13-14H2,1-5H3,(H,28,30). The van der Waals surface area contributed by atoms with Crippen LogP contribution >= 0.6 is 11.6 Å². The monoisotopic (exact) mass is 439 g/mol. The Morgan fingerprint density at radius 2 is 1.87 bits per heavy atom. The molecular weight excluding hydrogens is 410 g/mol. The van der Waals surface area contributed by atoms with Gasteiger partial charge in [-0.2, -0.15) is 5.26 Å². The van der Waals surface area contributed by atoms with Crippen molar-refractivity contribution in [3.05, 3.63) is 58.1 Å². The summed E-state index contributed by atoms with van der Waals surface area (Å²) in [4.78, 5) is 12.9. The van der Waals surface area contributed by atoms with Crippen LogP contribution in [0.25, 0.3) is 0 Å². The lowest BCUT2D eigenvalue weighted by Gasteiger charge is -2.46. The molecule has 0 saturated carbocycles. The van der Waals surface area contributed by atoms with Crippen LogP contribution in [0.4, 0.5) is 0 Å². The minimum absolute atomic E-state index is 0.0550. The Morgan fingerprint density at radius 3 is 2.45 bits per heavy atom. The van der Waals surface area contributed by atoms with Crippen molar-refractivity contribution < 1.29 is 9.53 Å². The molecule has 3 rings (SSSR count). The number of aryl methyl sites for hydroxylation is 1. The molecule has 2 N–H and O–H groups in total. The maximum Gasteiger partial charge on any atom is 0.251 e. The molecule has 0 bridgehead atoms. The third-order valence-corrected chi connectivity index (χ3v) is 5.84. The maximum atomic E-state index is 12.9. The number of benzene rings is 2. The number of nitrogens with one attached hydrogen (secondary N) is 2. The van der Waals surface area contributed by atoms with Gasteiger partial charge in [-0.25, -0.2) is 0 Å². The Hall–Kier alpha value is -2.55. The number of hydrogen-bond donors (Lipinski definition) is 2. The van der Waals surface area contributed by atoms with Gasteiger partial charge in [0.2, 0.25) is 0 Å². The minimum atomic E-state index is -0.155. The van der Waals surface area contributed by atoms with E-state index in [2.05, 4.69) is 44.4 Å². The van der Waals surface area contributed by atoms with E-state index < -0.39 is 0 Å². The zero-order chi connectivity index (χ0) is 22.8. The third-order valence-electron chi connectivity index (χ3n) is 5.54. The smallest absolute Gasteiger partial charge is 0.251 e. The average Bonchev–Trinajstić information content (AvgIpc) is 2.66. The van der Waals surface area contributed by atoms with Crippen LogP contribution < -0.4 is 15.4 Å². The van der Waals surface area contributed by atoms with E-state index in [4.69, 9.17) is 16.3 Å². The zero-order valence-corrected chi connectivity index (χ0v) is 19.6. The van der Waals surface area contributed by atoms with Crippen LogP contribution in [0.5, 0.6) is 11.5 Å². The summed E-state index contributed by atoms with van der Waals surface area (Å²) in [6.45, 7) is 10.6. The van der Waals surface area contributed by atoms with Crippen molar-refractivity contribution in [3.63, 3.8) is 0 Å². The summed E-state index contributed by atoms with van der Waals surface area (Å²) < 4.78 is 5.92. The SMILES string of the molecule is CCc1cccc(Oc2ccc(C(=O)NC3CC(C)(C)NC(C)(C)C3)cc2Cl)c1C#N. The summed E-state index contributed by atoms with van der Waals surface area (Å²) in [6, 6.07) is 12.8. The highest BCUT2D eigenvalue weighted by atomic mass is 35.5. The molecule has 0 unspecified atom stereocenters. The Kier molecular flexibility index (Phi) is 6.64. The van der Waals surface area contributed by atoms with Gasteiger partial charge in [-0.1, -0.05) is 30.7 Å². The van der Waals surface area contributed by atoms with Crippen LogP contribution in [-0.4, -0.2) is 23.0 Å². The fourth-order valence-electron chi connectivity index (χ4n) is 4.62. The highest BCUT2D eigenvalue weighted by Crippen LogP contribution is 2.33. The molecule has 0 aliphatic carbocycles. The molecule has 0 spiro atoms. The van der Waals surface area contributed by atoms with Crippen molar-refractivity contribution >= 4 is 17.5 Å². The topological polar surface area (TPSA) is 74.2 Å².